The highest BCUT2D eigenvalue weighted by Crippen LogP contribution is 2.23. The van der Waals surface area contributed by atoms with Crippen LogP contribution in [0.2, 0.25) is 0 Å². The van der Waals surface area contributed by atoms with Crippen LogP contribution in [0.25, 0.3) is 5.69 Å². The van der Waals surface area contributed by atoms with Gasteiger partial charge in [0.25, 0.3) is 0 Å². The molecule has 2 atom stereocenters. The van der Waals surface area contributed by atoms with Gasteiger partial charge in [-0.15, -0.1) is 11.3 Å². The third-order valence-electron chi connectivity index (χ3n) is 3.67. The highest BCUT2D eigenvalue weighted by molar-refractivity contribution is 7.10. The molecule has 0 bridgehead atoms. The van der Waals surface area contributed by atoms with Crippen molar-refractivity contribution in [3.05, 3.63) is 70.9 Å². The summed E-state index contributed by atoms with van der Waals surface area (Å²) >= 11 is 1.80. The van der Waals surface area contributed by atoms with Crippen LogP contribution >= 0.6 is 11.3 Å². The molecule has 2 unspecified atom stereocenters. The first-order valence-electron chi connectivity index (χ1n) is 7.12. The molecule has 0 amide bonds. The Morgan fingerprint density at radius 1 is 1.10 bits per heavy atom. The predicted octanol–water partition coefficient (Wildman–Crippen LogP) is 4.35. The zero-order valence-electron chi connectivity index (χ0n) is 12.2. The van der Waals surface area contributed by atoms with E-state index in [4.69, 9.17) is 0 Å². The molecule has 2 heterocycles. The fraction of sp³-hybridized carbons (Fsp3) is 0.235. The number of hydrogen-bond donors (Lipinski definition) is 1. The van der Waals surface area contributed by atoms with Gasteiger partial charge in [0.2, 0.25) is 0 Å². The van der Waals surface area contributed by atoms with Crippen LogP contribution in [-0.4, -0.2) is 9.55 Å². The maximum Gasteiger partial charge on any atom is 0.0991 e. The molecule has 3 aromatic rings. The van der Waals surface area contributed by atoms with E-state index < -0.39 is 0 Å². The summed E-state index contributed by atoms with van der Waals surface area (Å²) in [6.45, 7) is 4.42. The van der Waals surface area contributed by atoms with Crippen LogP contribution in [0, 0.1) is 0 Å². The third-order valence-corrected chi connectivity index (χ3v) is 4.72. The molecule has 0 spiro atoms. The van der Waals surface area contributed by atoms with Crippen molar-refractivity contribution in [1.29, 1.82) is 0 Å². The van der Waals surface area contributed by atoms with E-state index in [-0.39, 0.29) is 0 Å². The molecule has 0 saturated heterocycles. The van der Waals surface area contributed by atoms with Gasteiger partial charge >= 0.3 is 0 Å². The topological polar surface area (TPSA) is 29.9 Å². The van der Waals surface area contributed by atoms with Crippen LogP contribution in [0.4, 0.5) is 0 Å². The summed E-state index contributed by atoms with van der Waals surface area (Å²) in [6.07, 6.45) is 5.56. The van der Waals surface area contributed by atoms with Crippen molar-refractivity contribution in [3.63, 3.8) is 0 Å². The Balaban J connectivity index is 1.69. The van der Waals surface area contributed by atoms with E-state index >= 15 is 0 Å². The lowest BCUT2D eigenvalue weighted by Crippen LogP contribution is -2.21. The van der Waals surface area contributed by atoms with Gasteiger partial charge in [-0.1, -0.05) is 18.2 Å². The van der Waals surface area contributed by atoms with Crippen molar-refractivity contribution in [2.45, 2.75) is 25.9 Å². The summed E-state index contributed by atoms with van der Waals surface area (Å²) < 4.78 is 2.01. The van der Waals surface area contributed by atoms with Crippen molar-refractivity contribution < 1.29 is 0 Å². The van der Waals surface area contributed by atoms with Crippen molar-refractivity contribution in [2.24, 2.45) is 0 Å². The maximum absolute atomic E-state index is 4.08. The number of benzene rings is 1. The Bertz CT molecular complexity index is 657. The molecule has 108 valence electrons. The largest absolute Gasteiger partial charge is 0.306 e. The smallest absolute Gasteiger partial charge is 0.0991 e. The quantitative estimate of drug-likeness (QED) is 0.759. The van der Waals surface area contributed by atoms with Gasteiger partial charge in [-0.05, 0) is 43.0 Å². The number of rotatable bonds is 5. The van der Waals surface area contributed by atoms with E-state index in [0.717, 1.165) is 5.69 Å². The zero-order chi connectivity index (χ0) is 14.7. The molecule has 0 aliphatic heterocycles. The molecule has 0 fully saturated rings. The summed E-state index contributed by atoms with van der Waals surface area (Å²) in [5, 5.41) is 5.77. The lowest BCUT2D eigenvalue weighted by Gasteiger charge is -2.20. The summed E-state index contributed by atoms with van der Waals surface area (Å²) in [6, 6.07) is 13.6. The molecule has 1 N–H and O–H groups in total. The van der Waals surface area contributed by atoms with Crippen LogP contribution in [-0.2, 0) is 0 Å². The molecule has 0 saturated carbocycles. The zero-order valence-corrected chi connectivity index (χ0v) is 13.0. The fourth-order valence-electron chi connectivity index (χ4n) is 2.44. The molecule has 0 radical (unpaired) electrons. The number of nitrogens with one attached hydrogen (secondary N) is 1. The van der Waals surface area contributed by atoms with E-state index in [1.54, 1.807) is 17.5 Å². The lowest BCUT2D eigenvalue weighted by atomic mass is 10.1. The normalized spacial score (nSPS) is 14.0. The molecule has 21 heavy (non-hydrogen) atoms. The standard InChI is InChI=1S/C17H19N3S/c1-13(19-14(2)17-4-3-11-21-17)15-5-7-16(8-6-15)20-10-9-18-12-20/h3-14,19H,1-2H3. The molecule has 3 rings (SSSR count). The highest BCUT2D eigenvalue weighted by Gasteiger charge is 2.11. The van der Waals surface area contributed by atoms with Crippen LogP contribution in [0.5, 0.6) is 0 Å². The number of aromatic nitrogens is 2. The molecule has 0 aliphatic rings. The second-order valence-corrected chi connectivity index (χ2v) is 6.17. The third kappa shape index (κ3) is 3.23. The van der Waals surface area contributed by atoms with Crippen LogP contribution in [0.15, 0.2) is 60.5 Å². The minimum atomic E-state index is 0.318. The van der Waals surface area contributed by atoms with E-state index in [1.807, 2.05) is 17.1 Å². The first-order valence-corrected chi connectivity index (χ1v) is 8.00. The number of thiophene rings is 1. The molecule has 0 aliphatic carbocycles. The van der Waals surface area contributed by atoms with Gasteiger partial charge < -0.3 is 9.88 Å². The first kappa shape index (κ1) is 14.0. The number of hydrogen-bond acceptors (Lipinski definition) is 3. The summed E-state index contributed by atoms with van der Waals surface area (Å²) in [5.41, 5.74) is 2.43. The molecule has 1 aromatic carbocycles. The van der Waals surface area contributed by atoms with Gasteiger partial charge in [-0.3, -0.25) is 0 Å². The van der Waals surface area contributed by atoms with E-state index in [0.29, 0.717) is 12.1 Å². The highest BCUT2D eigenvalue weighted by atomic mass is 32.1. The van der Waals surface area contributed by atoms with Gasteiger partial charge in [0.05, 0.1) is 6.33 Å². The molecule has 4 heteroatoms. The second kappa shape index (κ2) is 6.24. The molecule has 3 nitrogen and oxygen atoms in total. The van der Waals surface area contributed by atoms with Crippen LogP contribution < -0.4 is 5.32 Å². The van der Waals surface area contributed by atoms with E-state index in [2.05, 4.69) is 65.9 Å². The summed E-state index contributed by atoms with van der Waals surface area (Å²) in [7, 11) is 0. The fourth-order valence-corrected chi connectivity index (χ4v) is 3.18. The minimum Gasteiger partial charge on any atom is -0.306 e. The second-order valence-electron chi connectivity index (χ2n) is 5.19. The average Bonchev–Trinajstić information content (AvgIpc) is 3.20. The monoisotopic (exact) mass is 297 g/mol. The molecular weight excluding hydrogens is 278 g/mol. The predicted molar refractivity (Wildman–Crippen MR) is 87.8 cm³/mol. The Morgan fingerprint density at radius 3 is 2.52 bits per heavy atom. The lowest BCUT2D eigenvalue weighted by molar-refractivity contribution is 0.500. The van der Waals surface area contributed by atoms with E-state index in [9.17, 15) is 0 Å². The Morgan fingerprint density at radius 2 is 1.90 bits per heavy atom. The Kier molecular flexibility index (Phi) is 4.18. The number of imidazole rings is 1. The van der Waals surface area contributed by atoms with Gasteiger partial charge in [0.1, 0.15) is 0 Å². The maximum atomic E-state index is 4.08. The van der Waals surface area contributed by atoms with Crippen molar-refractivity contribution in [1.82, 2.24) is 14.9 Å². The van der Waals surface area contributed by atoms with Gasteiger partial charge in [0.15, 0.2) is 0 Å². The molecular formula is C17H19N3S. The van der Waals surface area contributed by atoms with Gasteiger partial charge in [-0.25, -0.2) is 4.98 Å². The van der Waals surface area contributed by atoms with Crippen LogP contribution in [0.1, 0.15) is 36.4 Å². The van der Waals surface area contributed by atoms with Crippen molar-refractivity contribution in [3.8, 4) is 5.69 Å². The summed E-state index contributed by atoms with van der Waals surface area (Å²) in [4.78, 5) is 5.45. The summed E-state index contributed by atoms with van der Waals surface area (Å²) in [5.74, 6) is 0. The minimum absolute atomic E-state index is 0.318. The van der Waals surface area contributed by atoms with Crippen molar-refractivity contribution in [2.75, 3.05) is 0 Å². The van der Waals surface area contributed by atoms with Crippen LogP contribution in [0.3, 0.4) is 0 Å². The van der Waals surface area contributed by atoms with E-state index in [1.165, 1.54) is 10.4 Å². The first-order chi connectivity index (χ1) is 10.2. The SMILES string of the molecule is CC(NC(C)c1cccs1)c1ccc(-n2ccnc2)cc1. The number of nitrogens with zero attached hydrogens (tertiary/aromatic N) is 2. The Hall–Kier alpha value is -1.91. The molecule has 2 aromatic heterocycles. The van der Waals surface area contributed by atoms with Gasteiger partial charge in [0, 0.05) is 35.0 Å². The average molecular weight is 297 g/mol. The Labute approximate surface area is 129 Å². The van der Waals surface area contributed by atoms with Gasteiger partial charge in [-0.2, -0.15) is 0 Å². The van der Waals surface area contributed by atoms with Crippen molar-refractivity contribution >= 4 is 11.3 Å².